The first kappa shape index (κ1) is 14.0. The van der Waals surface area contributed by atoms with Gasteiger partial charge in [-0.15, -0.1) is 0 Å². The summed E-state index contributed by atoms with van der Waals surface area (Å²) in [5.41, 5.74) is -0.822. The summed E-state index contributed by atoms with van der Waals surface area (Å²) in [6.07, 6.45) is 1.79. The van der Waals surface area contributed by atoms with Crippen molar-refractivity contribution in [1.82, 2.24) is 5.32 Å². The van der Waals surface area contributed by atoms with Crippen LogP contribution in [0.15, 0.2) is 12.2 Å². The minimum atomic E-state index is -0.989. The van der Waals surface area contributed by atoms with Gasteiger partial charge in [0.25, 0.3) is 0 Å². The fourth-order valence-electron chi connectivity index (χ4n) is 2.14. The zero-order valence-corrected chi connectivity index (χ0v) is 11.2. The molecule has 1 fully saturated rings. The van der Waals surface area contributed by atoms with Crippen LogP contribution < -0.4 is 5.32 Å². The largest absolute Gasteiger partial charge is 0.444 e. The van der Waals surface area contributed by atoms with Crippen LogP contribution in [0.25, 0.3) is 0 Å². The van der Waals surface area contributed by atoms with E-state index >= 15 is 0 Å². The van der Waals surface area contributed by atoms with Gasteiger partial charge in [-0.1, -0.05) is 6.58 Å². The summed E-state index contributed by atoms with van der Waals surface area (Å²) in [7, 11) is 0. The van der Waals surface area contributed by atoms with Gasteiger partial charge in [-0.25, -0.2) is 4.79 Å². The van der Waals surface area contributed by atoms with Crippen molar-refractivity contribution in [2.24, 2.45) is 0 Å². The van der Waals surface area contributed by atoms with Crippen LogP contribution in [-0.2, 0) is 4.74 Å². The Morgan fingerprint density at radius 3 is 2.59 bits per heavy atom. The van der Waals surface area contributed by atoms with Crippen LogP contribution in [0.3, 0.4) is 0 Å². The van der Waals surface area contributed by atoms with Gasteiger partial charge in [0.1, 0.15) is 11.2 Å². The molecule has 0 heterocycles. The summed E-state index contributed by atoms with van der Waals surface area (Å²) >= 11 is 0. The van der Waals surface area contributed by atoms with E-state index in [1.54, 1.807) is 6.92 Å². The Hall–Kier alpha value is -1.03. The molecule has 98 valence electrons. The fraction of sp³-hybridized carbons (Fsp3) is 0.769. The topological polar surface area (TPSA) is 58.6 Å². The van der Waals surface area contributed by atoms with E-state index in [4.69, 9.17) is 4.74 Å². The molecule has 1 rings (SSSR count). The molecular formula is C13H23NO3. The molecule has 0 aliphatic heterocycles. The lowest BCUT2D eigenvalue weighted by atomic mass is 9.90. The summed E-state index contributed by atoms with van der Waals surface area (Å²) in [6.45, 7) is 11.0. The Balaban J connectivity index is 2.63. The van der Waals surface area contributed by atoms with Gasteiger partial charge < -0.3 is 15.2 Å². The van der Waals surface area contributed by atoms with E-state index in [0.29, 0.717) is 12.0 Å². The third-order valence-electron chi connectivity index (χ3n) is 3.06. The quantitative estimate of drug-likeness (QED) is 0.730. The number of carbonyl (C=O) groups excluding carboxylic acids is 1. The maximum absolute atomic E-state index is 11.7. The molecular weight excluding hydrogens is 218 g/mol. The minimum absolute atomic E-state index is 0.296. The summed E-state index contributed by atoms with van der Waals surface area (Å²) in [5.74, 6) is 0. The second kappa shape index (κ2) is 4.69. The van der Waals surface area contributed by atoms with Gasteiger partial charge in [0, 0.05) is 0 Å². The van der Waals surface area contributed by atoms with Crippen molar-refractivity contribution < 1.29 is 14.6 Å². The molecule has 2 atom stereocenters. The highest BCUT2D eigenvalue weighted by molar-refractivity contribution is 5.68. The van der Waals surface area contributed by atoms with Crippen molar-refractivity contribution in [2.45, 2.75) is 64.2 Å². The number of rotatable bonds is 2. The maximum atomic E-state index is 11.7. The van der Waals surface area contributed by atoms with Crippen LogP contribution in [0.5, 0.6) is 0 Å². The highest BCUT2D eigenvalue weighted by atomic mass is 16.6. The lowest BCUT2D eigenvalue weighted by Crippen LogP contribution is -2.50. The van der Waals surface area contributed by atoms with E-state index in [-0.39, 0.29) is 6.04 Å². The van der Waals surface area contributed by atoms with Gasteiger partial charge in [-0.2, -0.15) is 0 Å². The number of nitrogens with one attached hydrogen (secondary N) is 1. The summed E-state index contributed by atoms with van der Waals surface area (Å²) in [5, 5.41) is 13.1. The second-order valence-electron chi connectivity index (χ2n) is 5.80. The molecule has 1 aliphatic carbocycles. The SMILES string of the molecule is C=C(C)[C@@]1(O)CCC[C@H]1NC(=O)OC(C)(C)C. The highest BCUT2D eigenvalue weighted by Gasteiger charge is 2.43. The van der Waals surface area contributed by atoms with E-state index in [2.05, 4.69) is 11.9 Å². The molecule has 0 spiro atoms. The van der Waals surface area contributed by atoms with Gasteiger partial charge in [0.15, 0.2) is 0 Å². The molecule has 4 nitrogen and oxygen atoms in total. The number of aliphatic hydroxyl groups is 1. The standard InChI is InChI=1S/C13H23NO3/c1-9(2)13(16)8-6-7-10(13)14-11(15)17-12(3,4)5/h10,16H,1,6-8H2,2-5H3,(H,14,15)/t10-,13+/m1/s1. The molecule has 17 heavy (non-hydrogen) atoms. The summed E-state index contributed by atoms with van der Waals surface area (Å²) in [4.78, 5) is 11.7. The summed E-state index contributed by atoms with van der Waals surface area (Å²) in [6, 6.07) is -0.296. The minimum Gasteiger partial charge on any atom is -0.444 e. The first-order chi connectivity index (χ1) is 7.65. The third kappa shape index (κ3) is 3.46. The van der Waals surface area contributed by atoms with Crippen LogP contribution in [0.2, 0.25) is 0 Å². The third-order valence-corrected chi connectivity index (χ3v) is 3.06. The average molecular weight is 241 g/mol. The lowest BCUT2D eigenvalue weighted by Gasteiger charge is -2.32. The molecule has 2 N–H and O–H groups in total. The zero-order chi connectivity index (χ0) is 13.3. The van der Waals surface area contributed by atoms with Crippen molar-refractivity contribution in [3.63, 3.8) is 0 Å². The zero-order valence-electron chi connectivity index (χ0n) is 11.2. The van der Waals surface area contributed by atoms with Crippen molar-refractivity contribution in [2.75, 3.05) is 0 Å². The molecule has 0 unspecified atom stereocenters. The lowest BCUT2D eigenvalue weighted by molar-refractivity contribution is 0.0282. The monoisotopic (exact) mass is 241 g/mol. The highest BCUT2D eigenvalue weighted by Crippen LogP contribution is 2.35. The van der Waals surface area contributed by atoms with Crippen LogP contribution in [0.1, 0.15) is 47.0 Å². The average Bonchev–Trinajstić information content (AvgIpc) is 2.45. The van der Waals surface area contributed by atoms with Crippen LogP contribution >= 0.6 is 0 Å². The molecule has 0 aromatic carbocycles. The Morgan fingerprint density at radius 1 is 1.53 bits per heavy atom. The van der Waals surface area contributed by atoms with Gasteiger partial charge >= 0.3 is 6.09 Å². The molecule has 0 bridgehead atoms. The Labute approximate surface area is 103 Å². The first-order valence-corrected chi connectivity index (χ1v) is 6.03. The number of hydrogen-bond acceptors (Lipinski definition) is 3. The maximum Gasteiger partial charge on any atom is 0.407 e. The number of alkyl carbamates (subject to hydrolysis) is 1. The van der Waals surface area contributed by atoms with Crippen LogP contribution in [-0.4, -0.2) is 28.4 Å². The Kier molecular flexibility index (Phi) is 3.87. The molecule has 1 amide bonds. The normalized spacial score (nSPS) is 28.9. The van der Waals surface area contributed by atoms with Gasteiger partial charge in [0.2, 0.25) is 0 Å². The van der Waals surface area contributed by atoms with Gasteiger partial charge in [-0.05, 0) is 52.5 Å². The van der Waals surface area contributed by atoms with E-state index in [0.717, 1.165) is 12.8 Å². The van der Waals surface area contributed by atoms with Crippen molar-refractivity contribution in [1.29, 1.82) is 0 Å². The summed E-state index contributed by atoms with van der Waals surface area (Å²) < 4.78 is 5.18. The predicted molar refractivity (Wildman–Crippen MR) is 66.8 cm³/mol. The molecule has 0 radical (unpaired) electrons. The molecule has 0 aromatic rings. The van der Waals surface area contributed by atoms with E-state index < -0.39 is 17.3 Å². The van der Waals surface area contributed by atoms with E-state index in [9.17, 15) is 9.90 Å². The number of hydrogen-bond donors (Lipinski definition) is 2. The molecule has 0 aromatic heterocycles. The van der Waals surface area contributed by atoms with Gasteiger partial charge in [-0.3, -0.25) is 0 Å². The van der Waals surface area contributed by atoms with E-state index in [1.165, 1.54) is 0 Å². The Morgan fingerprint density at radius 2 is 2.12 bits per heavy atom. The molecule has 0 saturated heterocycles. The molecule has 1 aliphatic rings. The smallest absolute Gasteiger partial charge is 0.407 e. The fourth-order valence-corrected chi connectivity index (χ4v) is 2.14. The second-order valence-corrected chi connectivity index (χ2v) is 5.80. The van der Waals surface area contributed by atoms with Crippen LogP contribution in [0, 0.1) is 0 Å². The van der Waals surface area contributed by atoms with E-state index in [1.807, 2.05) is 20.8 Å². The molecule has 4 heteroatoms. The van der Waals surface area contributed by atoms with Gasteiger partial charge in [0.05, 0.1) is 6.04 Å². The van der Waals surface area contributed by atoms with Crippen molar-refractivity contribution in [3.8, 4) is 0 Å². The first-order valence-electron chi connectivity index (χ1n) is 6.03. The predicted octanol–water partition coefficient (Wildman–Crippen LogP) is 2.37. The number of amides is 1. The van der Waals surface area contributed by atoms with Crippen molar-refractivity contribution >= 4 is 6.09 Å². The Bertz CT molecular complexity index is 319. The molecule has 1 saturated carbocycles. The van der Waals surface area contributed by atoms with Crippen molar-refractivity contribution in [3.05, 3.63) is 12.2 Å². The number of ether oxygens (including phenoxy) is 1. The van der Waals surface area contributed by atoms with Crippen LogP contribution in [0.4, 0.5) is 4.79 Å². The number of carbonyl (C=O) groups is 1.